The Morgan fingerprint density at radius 2 is 2.41 bits per heavy atom. The van der Waals surface area contributed by atoms with E-state index >= 15 is 0 Å². The predicted octanol–water partition coefficient (Wildman–Crippen LogP) is 3.89. The number of ether oxygens (including phenoxy) is 1. The van der Waals surface area contributed by atoms with Gasteiger partial charge in [-0.1, -0.05) is 6.92 Å². The van der Waals surface area contributed by atoms with E-state index in [1.807, 2.05) is 11.3 Å². The predicted molar refractivity (Wildman–Crippen MR) is 76.7 cm³/mol. The lowest BCUT2D eigenvalue weighted by Crippen LogP contribution is -2.28. The van der Waals surface area contributed by atoms with Crippen LogP contribution in [0, 0.1) is 12.8 Å². The van der Waals surface area contributed by atoms with Crippen LogP contribution in [0.2, 0.25) is 0 Å². The highest BCUT2D eigenvalue weighted by Gasteiger charge is 2.31. The van der Waals surface area contributed by atoms with Crippen LogP contribution < -0.4 is 5.32 Å². The number of hydrogen-bond donors (Lipinski definition) is 1. The Balaban J connectivity index is 2.16. The number of hydrogen-bond acceptors (Lipinski definition) is 3. The molecule has 1 aliphatic heterocycles. The Morgan fingerprint density at radius 3 is 2.88 bits per heavy atom. The lowest BCUT2D eigenvalue weighted by atomic mass is 9.95. The maximum atomic E-state index is 5.70. The van der Waals surface area contributed by atoms with Crippen LogP contribution in [0.25, 0.3) is 0 Å². The van der Waals surface area contributed by atoms with Crippen molar-refractivity contribution in [1.82, 2.24) is 5.32 Å². The average Bonchev–Trinajstić information content (AvgIpc) is 2.83. The molecule has 0 bridgehead atoms. The van der Waals surface area contributed by atoms with Crippen molar-refractivity contribution in [3.05, 3.63) is 20.3 Å². The molecule has 1 aliphatic rings. The van der Waals surface area contributed by atoms with Gasteiger partial charge < -0.3 is 10.1 Å². The van der Waals surface area contributed by atoms with E-state index in [0.29, 0.717) is 18.1 Å². The first kappa shape index (κ1) is 13.5. The van der Waals surface area contributed by atoms with E-state index in [4.69, 9.17) is 4.74 Å². The van der Waals surface area contributed by atoms with Crippen LogP contribution >= 0.6 is 27.3 Å². The SMILES string of the molecule is CCNC(c1cc(C)c(Br)s1)C1COC(C)C1. The van der Waals surface area contributed by atoms with Crippen LogP contribution in [0.4, 0.5) is 0 Å². The third kappa shape index (κ3) is 3.11. The van der Waals surface area contributed by atoms with E-state index in [1.54, 1.807) is 0 Å². The van der Waals surface area contributed by atoms with Crippen molar-refractivity contribution in [2.24, 2.45) is 5.92 Å². The number of halogens is 1. The molecule has 1 fully saturated rings. The smallest absolute Gasteiger partial charge is 0.0731 e. The maximum absolute atomic E-state index is 5.70. The normalized spacial score (nSPS) is 26.4. The van der Waals surface area contributed by atoms with Gasteiger partial charge in [0.05, 0.1) is 16.5 Å². The molecule has 0 aliphatic carbocycles. The van der Waals surface area contributed by atoms with E-state index in [9.17, 15) is 0 Å². The highest BCUT2D eigenvalue weighted by atomic mass is 79.9. The van der Waals surface area contributed by atoms with E-state index in [-0.39, 0.29) is 0 Å². The minimum atomic E-state index is 0.408. The zero-order valence-electron chi connectivity index (χ0n) is 10.6. The van der Waals surface area contributed by atoms with Gasteiger partial charge in [-0.25, -0.2) is 0 Å². The molecule has 2 heterocycles. The van der Waals surface area contributed by atoms with Gasteiger partial charge in [-0.15, -0.1) is 11.3 Å². The molecular weight excluding hydrogens is 298 g/mol. The molecule has 1 aromatic heterocycles. The number of thiophene rings is 1. The third-order valence-electron chi connectivity index (χ3n) is 3.31. The molecule has 96 valence electrons. The summed E-state index contributed by atoms with van der Waals surface area (Å²) in [5.41, 5.74) is 1.33. The van der Waals surface area contributed by atoms with Crippen molar-refractivity contribution in [2.45, 2.75) is 39.3 Å². The first-order chi connectivity index (χ1) is 8.11. The Labute approximate surface area is 116 Å². The lowest BCUT2D eigenvalue weighted by molar-refractivity contribution is 0.117. The zero-order valence-corrected chi connectivity index (χ0v) is 13.0. The summed E-state index contributed by atoms with van der Waals surface area (Å²) in [5, 5.41) is 3.61. The Morgan fingerprint density at radius 1 is 1.65 bits per heavy atom. The van der Waals surface area contributed by atoms with Crippen LogP contribution in [0.15, 0.2) is 9.85 Å². The van der Waals surface area contributed by atoms with Gasteiger partial charge in [0, 0.05) is 16.8 Å². The van der Waals surface area contributed by atoms with Crippen LogP contribution in [-0.4, -0.2) is 19.3 Å². The van der Waals surface area contributed by atoms with Gasteiger partial charge in [0.1, 0.15) is 0 Å². The number of nitrogens with one attached hydrogen (secondary N) is 1. The van der Waals surface area contributed by atoms with Gasteiger partial charge in [0.25, 0.3) is 0 Å². The van der Waals surface area contributed by atoms with Crippen LogP contribution in [0.1, 0.15) is 36.8 Å². The van der Waals surface area contributed by atoms with Crippen molar-refractivity contribution in [3.63, 3.8) is 0 Å². The van der Waals surface area contributed by atoms with Gasteiger partial charge in [-0.3, -0.25) is 0 Å². The van der Waals surface area contributed by atoms with Crippen LogP contribution in [0.5, 0.6) is 0 Å². The summed E-state index contributed by atoms with van der Waals surface area (Å²) in [6, 6.07) is 2.74. The topological polar surface area (TPSA) is 21.3 Å². The summed E-state index contributed by atoms with van der Waals surface area (Å²) < 4.78 is 6.96. The quantitative estimate of drug-likeness (QED) is 0.909. The molecule has 17 heavy (non-hydrogen) atoms. The van der Waals surface area contributed by atoms with Crippen molar-refractivity contribution in [3.8, 4) is 0 Å². The molecule has 0 amide bonds. The van der Waals surface area contributed by atoms with Crippen molar-refractivity contribution in [2.75, 3.05) is 13.2 Å². The fourth-order valence-electron chi connectivity index (χ4n) is 2.44. The van der Waals surface area contributed by atoms with E-state index in [0.717, 1.165) is 19.6 Å². The van der Waals surface area contributed by atoms with Gasteiger partial charge in [-0.2, -0.15) is 0 Å². The second kappa shape index (κ2) is 5.83. The molecule has 3 unspecified atom stereocenters. The van der Waals surface area contributed by atoms with Gasteiger partial charge in [-0.05, 0) is 54.4 Å². The van der Waals surface area contributed by atoms with E-state index in [2.05, 4.69) is 48.1 Å². The van der Waals surface area contributed by atoms with E-state index in [1.165, 1.54) is 14.2 Å². The average molecular weight is 318 g/mol. The molecule has 1 N–H and O–H groups in total. The number of rotatable bonds is 4. The van der Waals surface area contributed by atoms with Gasteiger partial charge in [0.2, 0.25) is 0 Å². The fourth-order valence-corrected chi connectivity index (χ4v) is 4.18. The van der Waals surface area contributed by atoms with E-state index < -0.39 is 0 Å². The molecule has 0 aromatic carbocycles. The summed E-state index contributed by atoms with van der Waals surface area (Å²) >= 11 is 5.46. The molecule has 0 saturated carbocycles. The standard InChI is InChI=1S/C13H20BrNOS/c1-4-15-12(10-6-9(3)16-7-10)11-5-8(2)13(14)17-11/h5,9-10,12,15H,4,6-7H2,1-3H3. The van der Waals surface area contributed by atoms with Gasteiger partial charge >= 0.3 is 0 Å². The third-order valence-corrected chi connectivity index (χ3v) is 5.53. The minimum absolute atomic E-state index is 0.408. The number of aryl methyl sites for hydroxylation is 1. The molecule has 2 nitrogen and oxygen atoms in total. The van der Waals surface area contributed by atoms with Crippen molar-refractivity contribution >= 4 is 27.3 Å². The molecule has 0 spiro atoms. The Kier molecular flexibility index (Phi) is 4.64. The summed E-state index contributed by atoms with van der Waals surface area (Å²) in [7, 11) is 0. The van der Waals surface area contributed by atoms with Crippen LogP contribution in [0.3, 0.4) is 0 Å². The molecule has 4 heteroatoms. The first-order valence-electron chi connectivity index (χ1n) is 6.22. The molecule has 2 rings (SSSR count). The highest BCUT2D eigenvalue weighted by Crippen LogP contribution is 2.38. The fraction of sp³-hybridized carbons (Fsp3) is 0.692. The maximum Gasteiger partial charge on any atom is 0.0731 e. The van der Waals surface area contributed by atoms with Crippen molar-refractivity contribution < 1.29 is 4.74 Å². The molecule has 3 atom stereocenters. The second-order valence-corrected chi connectivity index (χ2v) is 7.18. The lowest BCUT2D eigenvalue weighted by Gasteiger charge is -2.22. The highest BCUT2D eigenvalue weighted by molar-refractivity contribution is 9.11. The summed E-state index contributed by atoms with van der Waals surface area (Å²) in [6.07, 6.45) is 1.57. The largest absolute Gasteiger partial charge is 0.378 e. The first-order valence-corrected chi connectivity index (χ1v) is 7.83. The van der Waals surface area contributed by atoms with Crippen molar-refractivity contribution in [1.29, 1.82) is 0 Å². The summed E-state index contributed by atoms with van der Waals surface area (Å²) in [5.74, 6) is 0.606. The molecule has 1 aromatic rings. The minimum Gasteiger partial charge on any atom is -0.378 e. The monoisotopic (exact) mass is 317 g/mol. The Hall–Kier alpha value is 0.1000. The second-order valence-electron chi connectivity index (χ2n) is 4.78. The Bertz CT molecular complexity index is 360. The van der Waals surface area contributed by atoms with Gasteiger partial charge in [0.15, 0.2) is 0 Å². The zero-order chi connectivity index (χ0) is 12.4. The summed E-state index contributed by atoms with van der Waals surface area (Å²) in [6.45, 7) is 8.37. The summed E-state index contributed by atoms with van der Waals surface area (Å²) in [4.78, 5) is 1.43. The molecule has 0 radical (unpaired) electrons. The van der Waals surface area contributed by atoms with Crippen LogP contribution in [-0.2, 0) is 4.74 Å². The molecular formula is C13H20BrNOS. The molecule has 1 saturated heterocycles.